The SMILES string of the molecule is C=C(c1ccccc1)c1sc2ccccc2c1/N=C(\C)c1cccc(-c2ccc(-c3cc(-c4ccccc4)cc(-c4cc5ccccc5c5ccccc45)n3)cc2)c1. The highest BCUT2D eigenvalue weighted by atomic mass is 32.1. The van der Waals surface area contributed by atoms with E-state index in [0.29, 0.717) is 0 Å². The number of nitrogens with zero attached hydrogens (tertiary/aromatic N) is 2. The average Bonchev–Trinajstić information content (AvgIpc) is 3.66. The van der Waals surface area contributed by atoms with Crippen molar-refractivity contribution < 1.29 is 0 Å². The number of aromatic nitrogens is 1. The number of benzene rings is 8. The molecule has 2 heterocycles. The lowest BCUT2D eigenvalue weighted by atomic mass is 9.93. The molecule has 0 N–H and O–H groups in total. The molecule has 0 bridgehead atoms. The standard InChI is InChI=1S/C55H38N2S/c1-36(38-16-5-3-6-17-38)55-54(49-26-13-14-27-53(49)58-55)56-37(2)42-21-15-22-43(32-42)40-28-30-41(31-29-40)51-34-45(39-18-7-4-8-19-39)35-52(57-51)50-33-44-20-9-10-23-46(44)47-24-11-12-25-48(47)50/h3-35H,1H2,2H3/b56-37+. The molecule has 3 heteroatoms. The summed E-state index contributed by atoms with van der Waals surface area (Å²) in [6, 6.07) is 71.0. The highest BCUT2D eigenvalue weighted by Crippen LogP contribution is 2.44. The van der Waals surface area contributed by atoms with Gasteiger partial charge in [-0.1, -0.05) is 176 Å². The summed E-state index contributed by atoms with van der Waals surface area (Å²) in [5.41, 5.74) is 13.8. The van der Waals surface area contributed by atoms with Crippen LogP contribution in [0, 0.1) is 0 Å². The highest BCUT2D eigenvalue weighted by Gasteiger charge is 2.17. The zero-order valence-corrected chi connectivity index (χ0v) is 32.9. The van der Waals surface area contributed by atoms with E-state index in [2.05, 4.69) is 208 Å². The maximum absolute atomic E-state index is 5.37. The van der Waals surface area contributed by atoms with Crippen LogP contribution in [0.15, 0.2) is 212 Å². The fourth-order valence-electron chi connectivity index (χ4n) is 7.99. The molecule has 10 aromatic rings. The van der Waals surface area contributed by atoms with Crippen molar-refractivity contribution in [3.63, 3.8) is 0 Å². The summed E-state index contributed by atoms with van der Waals surface area (Å²) >= 11 is 1.75. The van der Waals surface area contributed by atoms with Crippen LogP contribution in [0.3, 0.4) is 0 Å². The van der Waals surface area contributed by atoms with Gasteiger partial charge in [-0.15, -0.1) is 11.3 Å². The number of fused-ring (bicyclic) bond motifs is 4. The minimum Gasteiger partial charge on any atom is -0.251 e. The van der Waals surface area contributed by atoms with Crippen LogP contribution in [0.4, 0.5) is 5.69 Å². The Labute approximate surface area is 342 Å². The third kappa shape index (κ3) is 6.62. The van der Waals surface area contributed by atoms with E-state index in [1.807, 2.05) is 6.07 Å². The second kappa shape index (κ2) is 15.0. The maximum atomic E-state index is 5.37. The van der Waals surface area contributed by atoms with Gasteiger partial charge in [-0.25, -0.2) is 4.98 Å². The first-order chi connectivity index (χ1) is 28.6. The summed E-state index contributed by atoms with van der Waals surface area (Å²) < 4.78 is 1.21. The van der Waals surface area contributed by atoms with Gasteiger partial charge in [0, 0.05) is 26.9 Å². The molecule has 0 atom stereocenters. The number of pyridine rings is 1. The Morgan fingerprint density at radius 1 is 0.466 bits per heavy atom. The number of rotatable bonds is 8. The summed E-state index contributed by atoms with van der Waals surface area (Å²) in [4.78, 5) is 11.8. The lowest BCUT2D eigenvalue weighted by Gasteiger charge is -2.14. The molecule has 0 aliphatic rings. The minimum atomic E-state index is 0.938. The van der Waals surface area contributed by atoms with Crippen molar-refractivity contribution in [1.29, 1.82) is 0 Å². The van der Waals surface area contributed by atoms with E-state index in [9.17, 15) is 0 Å². The Morgan fingerprint density at radius 2 is 1.05 bits per heavy atom. The zero-order valence-electron chi connectivity index (χ0n) is 32.1. The molecule has 0 fully saturated rings. The molecule has 0 saturated heterocycles. The Bertz CT molecular complexity index is 3170. The van der Waals surface area contributed by atoms with Crippen molar-refractivity contribution in [2.45, 2.75) is 6.92 Å². The molecule has 0 spiro atoms. The second-order valence-electron chi connectivity index (χ2n) is 14.7. The Balaban J connectivity index is 1.02. The van der Waals surface area contributed by atoms with Gasteiger partial charge in [-0.2, -0.15) is 0 Å². The third-order valence-corrected chi connectivity index (χ3v) is 12.2. The molecule has 0 aliphatic carbocycles. The Hall–Kier alpha value is -7.20. The minimum absolute atomic E-state index is 0.938. The van der Waals surface area contributed by atoms with Gasteiger partial charge in [0.1, 0.15) is 0 Å². The van der Waals surface area contributed by atoms with Crippen LogP contribution in [0.2, 0.25) is 0 Å². The van der Waals surface area contributed by atoms with Crippen LogP contribution in [-0.4, -0.2) is 10.7 Å². The molecule has 8 aromatic carbocycles. The largest absolute Gasteiger partial charge is 0.251 e. The summed E-state index contributed by atoms with van der Waals surface area (Å²) in [6.07, 6.45) is 0. The summed E-state index contributed by atoms with van der Waals surface area (Å²) in [5, 5.41) is 6.04. The molecule has 10 rings (SSSR count). The maximum Gasteiger partial charge on any atom is 0.0897 e. The molecular formula is C55H38N2S. The molecule has 0 unspecified atom stereocenters. The smallest absolute Gasteiger partial charge is 0.0897 e. The first kappa shape index (κ1) is 35.2. The van der Waals surface area contributed by atoms with E-state index >= 15 is 0 Å². The molecular weight excluding hydrogens is 721 g/mol. The van der Waals surface area contributed by atoms with Crippen molar-refractivity contribution in [2.75, 3.05) is 0 Å². The first-order valence-electron chi connectivity index (χ1n) is 19.6. The van der Waals surface area contributed by atoms with Crippen molar-refractivity contribution in [2.24, 2.45) is 4.99 Å². The molecule has 0 aliphatic heterocycles. The summed E-state index contributed by atoms with van der Waals surface area (Å²) in [7, 11) is 0. The van der Waals surface area contributed by atoms with Gasteiger partial charge in [0.05, 0.1) is 22.0 Å². The van der Waals surface area contributed by atoms with E-state index in [-0.39, 0.29) is 0 Å². The van der Waals surface area contributed by atoms with Gasteiger partial charge in [-0.3, -0.25) is 4.99 Å². The molecule has 274 valence electrons. The summed E-state index contributed by atoms with van der Waals surface area (Å²) in [6.45, 7) is 6.62. The molecule has 58 heavy (non-hydrogen) atoms. The van der Waals surface area contributed by atoms with Crippen LogP contribution < -0.4 is 0 Å². The molecule has 0 saturated carbocycles. The zero-order chi connectivity index (χ0) is 39.0. The molecule has 2 nitrogen and oxygen atoms in total. The van der Waals surface area contributed by atoms with E-state index in [1.165, 1.54) is 26.2 Å². The second-order valence-corrected chi connectivity index (χ2v) is 15.7. The molecule has 2 aromatic heterocycles. The van der Waals surface area contributed by atoms with Crippen molar-refractivity contribution in [3.8, 4) is 44.8 Å². The van der Waals surface area contributed by atoms with Crippen molar-refractivity contribution in [1.82, 2.24) is 4.98 Å². The normalized spacial score (nSPS) is 11.7. The van der Waals surface area contributed by atoms with E-state index in [0.717, 1.165) is 83.1 Å². The third-order valence-electron chi connectivity index (χ3n) is 11.0. The van der Waals surface area contributed by atoms with Crippen LogP contribution in [-0.2, 0) is 0 Å². The number of thiophene rings is 1. The highest BCUT2D eigenvalue weighted by molar-refractivity contribution is 7.20. The monoisotopic (exact) mass is 758 g/mol. The van der Waals surface area contributed by atoms with Crippen LogP contribution >= 0.6 is 11.3 Å². The van der Waals surface area contributed by atoms with Gasteiger partial charge < -0.3 is 0 Å². The lowest BCUT2D eigenvalue weighted by Crippen LogP contribution is -1.95. The van der Waals surface area contributed by atoms with Crippen molar-refractivity contribution in [3.05, 3.63) is 223 Å². The average molecular weight is 759 g/mol. The van der Waals surface area contributed by atoms with Crippen molar-refractivity contribution >= 4 is 59.9 Å². The number of hydrogen-bond acceptors (Lipinski definition) is 3. The fraction of sp³-hybridized carbons (Fsp3) is 0.0182. The lowest BCUT2D eigenvalue weighted by molar-refractivity contribution is 1.33. The quantitative estimate of drug-likeness (QED) is 0.112. The van der Waals surface area contributed by atoms with E-state index in [4.69, 9.17) is 9.98 Å². The predicted octanol–water partition coefficient (Wildman–Crippen LogP) is 15.5. The van der Waals surface area contributed by atoms with Crippen LogP contribution in [0.1, 0.15) is 22.9 Å². The number of hydrogen-bond donors (Lipinski definition) is 0. The van der Waals surface area contributed by atoms with Gasteiger partial charge in [-0.05, 0) is 97.8 Å². The van der Waals surface area contributed by atoms with Crippen LogP contribution in [0.5, 0.6) is 0 Å². The predicted molar refractivity (Wildman–Crippen MR) is 249 cm³/mol. The van der Waals surface area contributed by atoms with Gasteiger partial charge in [0.2, 0.25) is 0 Å². The van der Waals surface area contributed by atoms with E-state index in [1.54, 1.807) is 11.3 Å². The van der Waals surface area contributed by atoms with Gasteiger partial charge >= 0.3 is 0 Å². The Morgan fingerprint density at radius 3 is 1.84 bits per heavy atom. The van der Waals surface area contributed by atoms with Crippen LogP contribution in [0.25, 0.3) is 82.0 Å². The van der Waals surface area contributed by atoms with E-state index < -0.39 is 0 Å². The topological polar surface area (TPSA) is 25.2 Å². The first-order valence-corrected chi connectivity index (χ1v) is 20.4. The summed E-state index contributed by atoms with van der Waals surface area (Å²) in [5.74, 6) is 0. The fourth-order valence-corrected chi connectivity index (χ4v) is 9.12. The van der Waals surface area contributed by atoms with Gasteiger partial charge in [0.25, 0.3) is 0 Å². The molecule has 0 amide bonds. The van der Waals surface area contributed by atoms with Gasteiger partial charge in [0.15, 0.2) is 0 Å². The number of aliphatic imine (C=N–C) groups is 1. The Kier molecular flexibility index (Phi) is 9.14. The molecule has 0 radical (unpaired) electrons.